The molecular weight excluding hydrogens is 376 g/mol. The van der Waals surface area contributed by atoms with Crippen molar-refractivity contribution in [2.24, 2.45) is 0 Å². The molecule has 0 aliphatic carbocycles. The standard InChI is InChI=1S/C19H20N6O2S/c1-3-25-16(14-9-11-20-12-10-14)23-24-19(25)28-13(2)17(26)22-18(27)21-15-7-5-4-6-8-15/h4-13H,3H2,1-2H3,(H2,21,22,26,27). The molecule has 1 aromatic carbocycles. The SMILES string of the molecule is CCn1c(SC(C)C(=O)NC(=O)Nc2ccccc2)nnc1-c1ccncc1. The topological polar surface area (TPSA) is 102 Å². The lowest BCUT2D eigenvalue weighted by atomic mass is 10.2. The molecule has 9 heteroatoms. The van der Waals surface area contributed by atoms with Crippen molar-refractivity contribution in [2.75, 3.05) is 5.32 Å². The molecule has 0 aliphatic rings. The highest BCUT2D eigenvalue weighted by Crippen LogP contribution is 2.26. The molecule has 0 fully saturated rings. The first kappa shape index (κ1) is 19.6. The van der Waals surface area contributed by atoms with Crippen molar-refractivity contribution in [3.8, 4) is 11.4 Å². The Balaban J connectivity index is 1.64. The second kappa shape index (κ2) is 9.14. The summed E-state index contributed by atoms with van der Waals surface area (Å²) in [6.07, 6.45) is 3.39. The van der Waals surface area contributed by atoms with E-state index in [1.807, 2.05) is 29.7 Å². The maximum atomic E-state index is 12.4. The maximum Gasteiger partial charge on any atom is 0.325 e. The molecule has 1 atom stereocenters. The van der Waals surface area contributed by atoms with Gasteiger partial charge >= 0.3 is 6.03 Å². The molecule has 3 rings (SSSR count). The van der Waals surface area contributed by atoms with Gasteiger partial charge in [0.1, 0.15) is 0 Å². The smallest absolute Gasteiger partial charge is 0.308 e. The summed E-state index contributed by atoms with van der Waals surface area (Å²) in [4.78, 5) is 28.4. The van der Waals surface area contributed by atoms with Crippen molar-refractivity contribution in [1.29, 1.82) is 0 Å². The normalized spacial score (nSPS) is 11.6. The van der Waals surface area contributed by atoms with Gasteiger partial charge in [-0.15, -0.1) is 10.2 Å². The molecule has 2 heterocycles. The molecule has 0 saturated heterocycles. The Labute approximate surface area is 166 Å². The fourth-order valence-electron chi connectivity index (χ4n) is 2.48. The van der Waals surface area contributed by atoms with Gasteiger partial charge in [-0.05, 0) is 38.1 Å². The van der Waals surface area contributed by atoms with E-state index in [-0.39, 0.29) is 0 Å². The number of urea groups is 1. The van der Waals surface area contributed by atoms with E-state index < -0.39 is 17.2 Å². The van der Waals surface area contributed by atoms with Gasteiger partial charge in [0.15, 0.2) is 11.0 Å². The van der Waals surface area contributed by atoms with Gasteiger partial charge in [-0.2, -0.15) is 0 Å². The fraction of sp³-hybridized carbons (Fsp3) is 0.211. The molecule has 0 radical (unpaired) electrons. The number of pyridine rings is 1. The van der Waals surface area contributed by atoms with Crippen LogP contribution in [-0.4, -0.2) is 36.9 Å². The molecule has 3 aromatic rings. The number of aromatic nitrogens is 4. The van der Waals surface area contributed by atoms with Gasteiger partial charge in [-0.1, -0.05) is 30.0 Å². The Morgan fingerprint density at radius 2 is 1.82 bits per heavy atom. The van der Waals surface area contributed by atoms with Crippen LogP contribution in [0.1, 0.15) is 13.8 Å². The molecule has 8 nitrogen and oxygen atoms in total. The molecule has 144 valence electrons. The third-order valence-electron chi connectivity index (χ3n) is 3.89. The van der Waals surface area contributed by atoms with Crippen LogP contribution in [0.3, 0.4) is 0 Å². The summed E-state index contributed by atoms with van der Waals surface area (Å²) in [5.41, 5.74) is 1.51. The predicted molar refractivity (Wildman–Crippen MR) is 108 cm³/mol. The summed E-state index contributed by atoms with van der Waals surface area (Å²) >= 11 is 1.25. The van der Waals surface area contributed by atoms with Crippen molar-refractivity contribution in [2.45, 2.75) is 30.8 Å². The number of carbonyl (C=O) groups excluding carboxylic acids is 2. The van der Waals surface area contributed by atoms with Crippen molar-refractivity contribution < 1.29 is 9.59 Å². The monoisotopic (exact) mass is 396 g/mol. The van der Waals surface area contributed by atoms with Gasteiger partial charge < -0.3 is 9.88 Å². The molecule has 0 saturated carbocycles. The minimum atomic E-state index is -0.571. The Morgan fingerprint density at radius 3 is 2.50 bits per heavy atom. The van der Waals surface area contributed by atoms with Crippen LogP contribution in [0.4, 0.5) is 10.5 Å². The lowest BCUT2D eigenvalue weighted by molar-refractivity contribution is -0.119. The summed E-state index contributed by atoms with van der Waals surface area (Å²) < 4.78 is 1.92. The Bertz CT molecular complexity index is 946. The predicted octanol–water partition coefficient (Wildman–Crippen LogP) is 3.19. The van der Waals surface area contributed by atoms with Crippen LogP contribution in [0.25, 0.3) is 11.4 Å². The fourth-order valence-corrected chi connectivity index (χ4v) is 3.40. The number of para-hydroxylation sites is 1. The van der Waals surface area contributed by atoms with Crippen molar-refractivity contribution >= 4 is 29.4 Å². The van der Waals surface area contributed by atoms with E-state index in [1.54, 1.807) is 43.6 Å². The number of hydrogen-bond acceptors (Lipinski definition) is 6. The van der Waals surface area contributed by atoms with E-state index in [1.165, 1.54) is 11.8 Å². The molecule has 1 unspecified atom stereocenters. The zero-order valence-corrected chi connectivity index (χ0v) is 16.3. The number of carbonyl (C=O) groups is 2. The molecule has 0 bridgehead atoms. The van der Waals surface area contributed by atoms with E-state index in [9.17, 15) is 9.59 Å². The van der Waals surface area contributed by atoms with Crippen LogP contribution in [0.15, 0.2) is 60.0 Å². The van der Waals surface area contributed by atoms with E-state index in [0.717, 1.165) is 5.56 Å². The number of anilines is 1. The van der Waals surface area contributed by atoms with E-state index >= 15 is 0 Å². The number of benzene rings is 1. The highest BCUT2D eigenvalue weighted by atomic mass is 32.2. The average Bonchev–Trinajstić information content (AvgIpc) is 3.11. The lowest BCUT2D eigenvalue weighted by Gasteiger charge is -2.12. The largest absolute Gasteiger partial charge is 0.325 e. The number of hydrogen-bond donors (Lipinski definition) is 2. The Hall–Kier alpha value is -3.20. The molecule has 0 aliphatic heterocycles. The highest BCUT2D eigenvalue weighted by molar-refractivity contribution is 8.00. The molecule has 3 amide bonds. The Kier molecular flexibility index (Phi) is 6.38. The number of nitrogens with one attached hydrogen (secondary N) is 2. The first-order chi connectivity index (χ1) is 13.6. The van der Waals surface area contributed by atoms with Gasteiger partial charge in [0.2, 0.25) is 5.91 Å². The van der Waals surface area contributed by atoms with Crippen LogP contribution in [-0.2, 0) is 11.3 Å². The quantitative estimate of drug-likeness (QED) is 0.621. The van der Waals surface area contributed by atoms with Gasteiger partial charge in [0.25, 0.3) is 0 Å². The highest BCUT2D eigenvalue weighted by Gasteiger charge is 2.21. The summed E-state index contributed by atoms with van der Waals surface area (Å²) in [5, 5.41) is 13.5. The van der Waals surface area contributed by atoms with Crippen molar-refractivity contribution in [1.82, 2.24) is 25.1 Å². The van der Waals surface area contributed by atoms with Gasteiger partial charge in [-0.25, -0.2) is 4.79 Å². The van der Waals surface area contributed by atoms with Crippen LogP contribution in [0.5, 0.6) is 0 Å². The summed E-state index contributed by atoms with van der Waals surface area (Å²) in [5.74, 6) is 0.302. The van der Waals surface area contributed by atoms with Crippen LogP contribution >= 0.6 is 11.8 Å². The zero-order valence-electron chi connectivity index (χ0n) is 15.5. The minimum absolute atomic E-state index is 0.408. The van der Waals surface area contributed by atoms with E-state index in [0.29, 0.717) is 23.2 Å². The lowest BCUT2D eigenvalue weighted by Crippen LogP contribution is -2.38. The zero-order chi connectivity index (χ0) is 19.9. The van der Waals surface area contributed by atoms with Crippen LogP contribution in [0.2, 0.25) is 0 Å². The average molecular weight is 396 g/mol. The molecule has 2 N–H and O–H groups in total. The summed E-state index contributed by atoms with van der Waals surface area (Å²) in [6, 6.07) is 12.1. The first-order valence-electron chi connectivity index (χ1n) is 8.75. The van der Waals surface area contributed by atoms with Crippen LogP contribution in [0, 0.1) is 0 Å². The van der Waals surface area contributed by atoms with E-state index in [2.05, 4.69) is 25.8 Å². The number of amides is 3. The van der Waals surface area contributed by atoms with E-state index in [4.69, 9.17) is 0 Å². The number of imide groups is 1. The second-order valence-corrected chi connectivity index (χ2v) is 7.16. The van der Waals surface area contributed by atoms with Gasteiger partial charge in [-0.3, -0.25) is 15.1 Å². The number of nitrogens with zero attached hydrogens (tertiary/aromatic N) is 4. The van der Waals surface area contributed by atoms with Crippen LogP contribution < -0.4 is 10.6 Å². The molecule has 28 heavy (non-hydrogen) atoms. The molecule has 0 spiro atoms. The summed E-state index contributed by atoms with van der Waals surface area (Å²) in [7, 11) is 0. The Morgan fingerprint density at radius 1 is 1.11 bits per heavy atom. The summed E-state index contributed by atoms with van der Waals surface area (Å²) in [6.45, 7) is 4.35. The minimum Gasteiger partial charge on any atom is -0.308 e. The first-order valence-corrected chi connectivity index (χ1v) is 9.63. The maximum absolute atomic E-state index is 12.4. The molecular formula is C19H20N6O2S. The van der Waals surface area contributed by atoms with Crippen molar-refractivity contribution in [3.05, 3.63) is 54.9 Å². The van der Waals surface area contributed by atoms with Gasteiger partial charge in [0, 0.05) is 30.2 Å². The van der Waals surface area contributed by atoms with Gasteiger partial charge in [0.05, 0.1) is 5.25 Å². The number of rotatable bonds is 6. The third-order valence-corrected chi connectivity index (χ3v) is 4.97. The number of thioether (sulfide) groups is 1. The third kappa shape index (κ3) is 4.74. The second-order valence-electron chi connectivity index (χ2n) is 5.86. The van der Waals surface area contributed by atoms with Crippen molar-refractivity contribution in [3.63, 3.8) is 0 Å². The molecule has 2 aromatic heterocycles.